The number of Topliss-reactive ketones (excluding diaryl/α,β-unsaturated/α-hetero) is 2. The molecule has 0 unspecified atom stereocenters. The van der Waals surface area contributed by atoms with Crippen LogP contribution in [0, 0.1) is 0 Å². The van der Waals surface area contributed by atoms with Crippen molar-refractivity contribution in [3.63, 3.8) is 0 Å². The first-order chi connectivity index (χ1) is 3.63. The summed E-state index contributed by atoms with van der Waals surface area (Å²) in [4.78, 5) is 20.4. The molecule has 0 aromatic heterocycles. The van der Waals surface area contributed by atoms with Gasteiger partial charge < -0.3 is 9.59 Å². The molecule has 0 aliphatic carbocycles. The normalized spacial score (nSPS) is 7.00. The Morgan fingerprint density at radius 1 is 0.900 bits per heavy atom. The van der Waals surface area contributed by atoms with E-state index in [-0.39, 0.29) is 26.4 Å². The van der Waals surface area contributed by atoms with Crippen molar-refractivity contribution in [1.82, 2.24) is 0 Å². The maximum atomic E-state index is 10.2. The van der Waals surface area contributed by atoms with Crippen LogP contribution in [0.5, 0.6) is 0 Å². The van der Waals surface area contributed by atoms with Gasteiger partial charge in [0, 0.05) is 12.8 Å². The molecule has 0 aromatic carbocycles. The molecule has 0 rings (SSSR count). The maximum absolute atomic E-state index is 10.2. The average molecular weight is 146 g/mol. The third-order valence-electron chi connectivity index (χ3n) is 0.829. The summed E-state index contributed by atoms with van der Waals surface area (Å²) >= 11 is 0. The van der Waals surface area contributed by atoms with Gasteiger partial charge in [0.15, 0.2) is 0 Å². The Hall–Kier alpha value is -0.660. The molecule has 2 nitrogen and oxygen atoms in total. The molecule has 0 heterocycles. The molecule has 0 aromatic rings. The summed E-state index contributed by atoms with van der Waals surface area (Å²) in [5.74, 6) is 0.167. The van der Waals surface area contributed by atoms with E-state index in [2.05, 4.69) is 0 Å². The summed E-state index contributed by atoms with van der Waals surface area (Å²) in [5, 5.41) is 0. The molecular weight excluding hydrogens is 128 g/mol. The molecule has 10 heavy (non-hydrogen) atoms. The highest BCUT2D eigenvalue weighted by Gasteiger charge is 1.95. The number of ketones is 2. The molecule has 62 valence electrons. The van der Waals surface area contributed by atoms with Crippen molar-refractivity contribution in [2.24, 2.45) is 0 Å². The maximum Gasteiger partial charge on any atom is 0.130 e. The summed E-state index contributed by atoms with van der Waals surface area (Å²) in [7, 11) is 0. The standard InChI is InChI=1S/C6H10O2.2CH4/c1-5(7)3-4-6(2)8;;/h3-4H2,1-2H3;2*1H4. The van der Waals surface area contributed by atoms with Crippen molar-refractivity contribution in [2.45, 2.75) is 41.5 Å². The van der Waals surface area contributed by atoms with Crippen LogP contribution in [0.25, 0.3) is 0 Å². The van der Waals surface area contributed by atoms with E-state index in [0.29, 0.717) is 12.8 Å². The Bertz CT molecular complexity index is 91.8. The largest absolute Gasteiger partial charge is 0.300 e. The third-order valence-corrected chi connectivity index (χ3v) is 0.829. The lowest BCUT2D eigenvalue weighted by Gasteiger charge is -1.86. The highest BCUT2D eigenvalue weighted by atomic mass is 16.1. The SMILES string of the molecule is C.C.CC(=O)CCC(C)=O. The third kappa shape index (κ3) is 15.7. The van der Waals surface area contributed by atoms with Gasteiger partial charge in [-0.15, -0.1) is 0 Å². The minimum Gasteiger partial charge on any atom is -0.300 e. The van der Waals surface area contributed by atoms with Crippen LogP contribution in [0.3, 0.4) is 0 Å². The van der Waals surface area contributed by atoms with E-state index in [1.54, 1.807) is 0 Å². The van der Waals surface area contributed by atoms with Gasteiger partial charge in [-0.25, -0.2) is 0 Å². The molecule has 0 saturated carbocycles. The van der Waals surface area contributed by atoms with Crippen LogP contribution in [-0.4, -0.2) is 11.6 Å². The van der Waals surface area contributed by atoms with Crippen molar-refractivity contribution in [3.05, 3.63) is 0 Å². The van der Waals surface area contributed by atoms with Crippen molar-refractivity contribution >= 4 is 11.6 Å². The predicted octanol–water partition coefficient (Wildman–Crippen LogP) is 2.22. The highest BCUT2D eigenvalue weighted by molar-refractivity contribution is 5.83. The van der Waals surface area contributed by atoms with Crippen LogP contribution in [0.1, 0.15) is 41.5 Å². The summed E-state index contributed by atoms with van der Waals surface area (Å²) in [6.45, 7) is 2.98. The van der Waals surface area contributed by atoms with Gasteiger partial charge in [-0.1, -0.05) is 14.9 Å². The van der Waals surface area contributed by atoms with Gasteiger partial charge in [-0.3, -0.25) is 0 Å². The van der Waals surface area contributed by atoms with Crippen molar-refractivity contribution < 1.29 is 9.59 Å². The Labute approximate surface area is 63.6 Å². The van der Waals surface area contributed by atoms with Crippen LogP contribution in [0.15, 0.2) is 0 Å². The second-order valence-corrected chi connectivity index (χ2v) is 1.90. The van der Waals surface area contributed by atoms with Gasteiger partial charge in [-0.05, 0) is 13.8 Å². The molecule has 0 radical (unpaired) electrons. The van der Waals surface area contributed by atoms with Crippen molar-refractivity contribution in [3.8, 4) is 0 Å². The number of carbonyl (C=O) groups is 2. The molecule has 0 bridgehead atoms. The van der Waals surface area contributed by atoms with Crippen molar-refractivity contribution in [2.75, 3.05) is 0 Å². The molecule has 0 spiro atoms. The Morgan fingerprint density at radius 3 is 1.20 bits per heavy atom. The van der Waals surface area contributed by atoms with Crippen LogP contribution in [0.4, 0.5) is 0 Å². The van der Waals surface area contributed by atoms with Crippen LogP contribution >= 0.6 is 0 Å². The van der Waals surface area contributed by atoms with Gasteiger partial charge in [0.25, 0.3) is 0 Å². The minimum atomic E-state index is 0. The second-order valence-electron chi connectivity index (χ2n) is 1.90. The van der Waals surface area contributed by atoms with Gasteiger partial charge in [0.2, 0.25) is 0 Å². The summed E-state index contributed by atoms with van der Waals surface area (Å²) < 4.78 is 0. The zero-order chi connectivity index (χ0) is 6.57. The Morgan fingerprint density at radius 2 is 1.10 bits per heavy atom. The van der Waals surface area contributed by atoms with Crippen LogP contribution in [-0.2, 0) is 9.59 Å². The summed E-state index contributed by atoms with van der Waals surface area (Å²) in [5.41, 5.74) is 0. The topological polar surface area (TPSA) is 34.1 Å². The molecule has 0 N–H and O–H groups in total. The minimum absolute atomic E-state index is 0. The molecule has 0 fully saturated rings. The van der Waals surface area contributed by atoms with Gasteiger partial charge in [0.05, 0.1) is 0 Å². The quantitative estimate of drug-likeness (QED) is 0.611. The van der Waals surface area contributed by atoms with E-state index in [1.165, 1.54) is 13.8 Å². The van der Waals surface area contributed by atoms with Gasteiger partial charge in [-0.2, -0.15) is 0 Å². The monoisotopic (exact) mass is 146 g/mol. The lowest BCUT2D eigenvalue weighted by molar-refractivity contribution is -0.122. The molecule has 0 aliphatic rings. The summed E-state index contributed by atoms with van der Waals surface area (Å²) in [6.07, 6.45) is 0.796. The molecule has 0 aliphatic heterocycles. The second kappa shape index (κ2) is 8.34. The number of hydrogen-bond donors (Lipinski definition) is 0. The fourth-order valence-corrected chi connectivity index (χ4v) is 0.352. The average Bonchev–Trinajstić information content (AvgIpc) is 1.61. The molecule has 0 saturated heterocycles. The number of carbonyl (C=O) groups excluding carboxylic acids is 2. The zero-order valence-electron chi connectivity index (χ0n) is 5.23. The number of hydrogen-bond acceptors (Lipinski definition) is 2. The highest BCUT2D eigenvalue weighted by Crippen LogP contribution is 1.89. The fourth-order valence-electron chi connectivity index (χ4n) is 0.352. The van der Waals surface area contributed by atoms with Gasteiger partial charge in [0.1, 0.15) is 11.6 Å². The molecular formula is C8H18O2. The van der Waals surface area contributed by atoms with Crippen LogP contribution < -0.4 is 0 Å². The molecule has 0 amide bonds. The van der Waals surface area contributed by atoms with E-state index in [9.17, 15) is 9.59 Å². The Kier molecular flexibility index (Phi) is 13.5. The van der Waals surface area contributed by atoms with E-state index < -0.39 is 0 Å². The molecule has 0 atom stereocenters. The number of rotatable bonds is 3. The smallest absolute Gasteiger partial charge is 0.130 e. The first-order valence-corrected chi connectivity index (χ1v) is 2.62. The van der Waals surface area contributed by atoms with Crippen LogP contribution in [0.2, 0.25) is 0 Å². The summed E-state index contributed by atoms with van der Waals surface area (Å²) in [6, 6.07) is 0. The molecule has 2 heteroatoms. The predicted molar refractivity (Wildman–Crippen MR) is 44.1 cm³/mol. The van der Waals surface area contributed by atoms with E-state index >= 15 is 0 Å². The van der Waals surface area contributed by atoms with Gasteiger partial charge >= 0.3 is 0 Å². The first-order valence-electron chi connectivity index (χ1n) is 2.62. The van der Waals surface area contributed by atoms with E-state index in [1.807, 2.05) is 0 Å². The Balaban J connectivity index is -0.000000245. The van der Waals surface area contributed by atoms with Crippen molar-refractivity contribution in [1.29, 1.82) is 0 Å². The first kappa shape index (κ1) is 16.2. The zero-order valence-corrected chi connectivity index (χ0v) is 5.23. The van der Waals surface area contributed by atoms with E-state index in [4.69, 9.17) is 0 Å². The lowest BCUT2D eigenvalue weighted by Crippen LogP contribution is -1.95. The fraction of sp³-hybridized carbons (Fsp3) is 0.750. The van der Waals surface area contributed by atoms with E-state index in [0.717, 1.165) is 0 Å². The lowest BCUT2D eigenvalue weighted by atomic mass is 10.2.